The molecule has 0 bridgehead atoms. The summed E-state index contributed by atoms with van der Waals surface area (Å²) in [5, 5.41) is 2.91. The summed E-state index contributed by atoms with van der Waals surface area (Å²) in [5.41, 5.74) is 1.15. The molecule has 1 aliphatic rings. The van der Waals surface area contributed by atoms with Gasteiger partial charge >= 0.3 is 0 Å². The second kappa shape index (κ2) is 5.77. The first-order valence-corrected chi connectivity index (χ1v) is 7.69. The zero-order valence-electron chi connectivity index (χ0n) is 12.0. The van der Waals surface area contributed by atoms with Crippen LogP contribution >= 0.6 is 11.3 Å². The molecule has 1 atom stereocenters. The molecule has 21 heavy (non-hydrogen) atoms. The number of nitrogens with one attached hydrogen (secondary N) is 1. The molecular formula is C16H17NO3S. The highest BCUT2D eigenvalue weighted by Crippen LogP contribution is 2.30. The Labute approximate surface area is 127 Å². The third-order valence-corrected chi connectivity index (χ3v) is 4.60. The maximum atomic E-state index is 12.1. The van der Waals surface area contributed by atoms with Gasteiger partial charge in [0.05, 0.1) is 11.4 Å². The van der Waals surface area contributed by atoms with Gasteiger partial charge in [0, 0.05) is 4.88 Å². The van der Waals surface area contributed by atoms with Gasteiger partial charge < -0.3 is 14.8 Å². The molecule has 0 saturated carbocycles. The smallest absolute Gasteiger partial charge is 0.261 e. The van der Waals surface area contributed by atoms with E-state index in [1.807, 2.05) is 44.2 Å². The number of aryl methyl sites for hydroxylation is 2. The second-order valence-corrected chi connectivity index (χ2v) is 6.31. The van der Waals surface area contributed by atoms with Gasteiger partial charge in [0.2, 0.25) is 0 Å². The van der Waals surface area contributed by atoms with Crippen molar-refractivity contribution >= 4 is 17.2 Å². The summed E-state index contributed by atoms with van der Waals surface area (Å²) in [6, 6.07) is 9.48. The van der Waals surface area contributed by atoms with Crippen LogP contribution in [0.1, 0.15) is 20.1 Å². The lowest BCUT2D eigenvalue weighted by Gasteiger charge is -2.26. The lowest BCUT2D eigenvalue weighted by molar-refractivity contribution is 0.0791. The predicted molar refractivity (Wildman–Crippen MR) is 82.5 cm³/mol. The standard InChI is InChI=1S/C16H17NO3S/c1-10-7-15(21-11(10)2)16(18)17-8-12-9-19-13-5-3-4-6-14(13)20-12/h3-7,12H,8-9H2,1-2H3,(H,17,18)/t12-/m0/s1. The van der Waals surface area contributed by atoms with E-state index in [1.54, 1.807) is 0 Å². The fraction of sp³-hybridized carbons (Fsp3) is 0.312. The lowest BCUT2D eigenvalue weighted by Crippen LogP contribution is -2.40. The molecule has 3 rings (SSSR count). The Bertz CT molecular complexity index is 646. The van der Waals surface area contributed by atoms with Crippen molar-refractivity contribution in [2.24, 2.45) is 0 Å². The molecule has 0 spiro atoms. The van der Waals surface area contributed by atoms with Crippen LogP contribution in [0, 0.1) is 13.8 Å². The molecule has 0 radical (unpaired) electrons. The van der Waals surface area contributed by atoms with Crippen LogP contribution in [0.4, 0.5) is 0 Å². The van der Waals surface area contributed by atoms with E-state index in [0.29, 0.717) is 13.2 Å². The van der Waals surface area contributed by atoms with E-state index in [1.165, 1.54) is 16.2 Å². The van der Waals surface area contributed by atoms with E-state index in [2.05, 4.69) is 5.32 Å². The molecule has 2 heterocycles. The molecule has 1 N–H and O–H groups in total. The molecule has 0 saturated heterocycles. The van der Waals surface area contributed by atoms with Gasteiger partial charge in [-0.15, -0.1) is 11.3 Å². The van der Waals surface area contributed by atoms with Crippen molar-refractivity contribution < 1.29 is 14.3 Å². The van der Waals surface area contributed by atoms with E-state index in [-0.39, 0.29) is 12.0 Å². The summed E-state index contributed by atoms with van der Waals surface area (Å²) in [6.07, 6.45) is -0.161. The predicted octanol–water partition coefficient (Wildman–Crippen LogP) is 2.93. The normalized spacial score (nSPS) is 16.6. The van der Waals surface area contributed by atoms with Crippen molar-refractivity contribution in [3.05, 3.63) is 45.6 Å². The molecular weight excluding hydrogens is 286 g/mol. The number of ether oxygens (including phenoxy) is 2. The Morgan fingerprint density at radius 2 is 2.10 bits per heavy atom. The third-order valence-electron chi connectivity index (χ3n) is 3.45. The van der Waals surface area contributed by atoms with Crippen LogP contribution in [0.3, 0.4) is 0 Å². The molecule has 1 aromatic heterocycles. The minimum absolute atomic E-state index is 0.0568. The van der Waals surface area contributed by atoms with Crippen molar-refractivity contribution in [1.29, 1.82) is 0 Å². The highest BCUT2D eigenvalue weighted by Gasteiger charge is 2.21. The van der Waals surface area contributed by atoms with Gasteiger partial charge in [-0.05, 0) is 37.6 Å². The molecule has 0 aliphatic carbocycles. The minimum Gasteiger partial charge on any atom is -0.486 e. The van der Waals surface area contributed by atoms with Crippen LogP contribution in [-0.4, -0.2) is 25.2 Å². The molecule has 1 amide bonds. The first-order valence-electron chi connectivity index (χ1n) is 6.87. The topological polar surface area (TPSA) is 47.6 Å². The monoisotopic (exact) mass is 303 g/mol. The number of carbonyl (C=O) groups is 1. The first kappa shape index (κ1) is 13.9. The van der Waals surface area contributed by atoms with Gasteiger partial charge in [-0.1, -0.05) is 12.1 Å². The number of benzene rings is 1. The van der Waals surface area contributed by atoms with Crippen LogP contribution in [0.2, 0.25) is 0 Å². The Balaban J connectivity index is 1.58. The highest BCUT2D eigenvalue weighted by molar-refractivity contribution is 7.14. The van der Waals surface area contributed by atoms with Gasteiger partial charge in [-0.2, -0.15) is 0 Å². The van der Waals surface area contributed by atoms with E-state index in [9.17, 15) is 4.79 Å². The average Bonchev–Trinajstić information content (AvgIpc) is 2.84. The van der Waals surface area contributed by atoms with Crippen LogP contribution < -0.4 is 14.8 Å². The first-order chi connectivity index (χ1) is 10.1. The zero-order chi connectivity index (χ0) is 14.8. The molecule has 4 nitrogen and oxygen atoms in total. The van der Waals surface area contributed by atoms with Gasteiger partial charge in [0.15, 0.2) is 11.5 Å². The Morgan fingerprint density at radius 1 is 1.33 bits per heavy atom. The van der Waals surface area contributed by atoms with E-state index >= 15 is 0 Å². The molecule has 1 aromatic carbocycles. The number of amides is 1. The molecule has 0 fully saturated rings. The maximum absolute atomic E-state index is 12.1. The third kappa shape index (κ3) is 3.03. The minimum atomic E-state index is -0.161. The zero-order valence-corrected chi connectivity index (χ0v) is 12.8. The maximum Gasteiger partial charge on any atom is 0.261 e. The van der Waals surface area contributed by atoms with Gasteiger partial charge in [0.1, 0.15) is 12.7 Å². The SMILES string of the molecule is Cc1cc(C(=O)NC[C@H]2COc3ccccc3O2)sc1C. The van der Waals surface area contributed by atoms with Crippen molar-refractivity contribution in [3.63, 3.8) is 0 Å². The number of hydrogen-bond donors (Lipinski definition) is 1. The highest BCUT2D eigenvalue weighted by atomic mass is 32.1. The van der Waals surface area contributed by atoms with Crippen LogP contribution in [0.25, 0.3) is 0 Å². The number of rotatable bonds is 3. The molecule has 5 heteroatoms. The lowest BCUT2D eigenvalue weighted by atomic mass is 10.2. The van der Waals surface area contributed by atoms with Crippen LogP contribution in [-0.2, 0) is 0 Å². The Kier molecular flexibility index (Phi) is 3.84. The summed E-state index contributed by atoms with van der Waals surface area (Å²) >= 11 is 1.51. The van der Waals surface area contributed by atoms with Crippen LogP contribution in [0.5, 0.6) is 11.5 Å². The number of carbonyl (C=O) groups excluding carboxylic acids is 1. The molecule has 110 valence electrons. The van der Waals surface area contributed by atoms with Crippen molar-refractivity contribution in [1.82, 2.24) is 5.32 Å². The summed E-state index contributed by atoms with van der Waals surface area (Å²) in [6.45, 7) is 4.91. The van der Waals surface area contributed by atoms with Crippen molar-refractivity contribution in [2.45, 2.75) is 20.0 Å². The number of hydrogen-bond acceptors (Lipinski definition) is 4. The summed E-state index contributed by atoms with van der Waals surface area (Å²) < 4.78 is 11.4. The number of fused-ring (bicyclic) bond motifs is 1. The summed E-state index contributed by atoms with van der Waals surface area (Å²) in [5.74, 6) is 1.43. The van der Waals surface area contributed by atoms with Gasteiger partial charge in [0.25, 0.3) is 5.91 Å². The summed E-state index contributed by atoms with van der Waals surface area (Å²) in [7, 11) is 0. The molecule has 0 unspecified atom stereocenters. The molecule has 2 aromatic rings. The van der Waals surface area contributed by atoms with E-state index in [4.69, 9.17) is 9.47 Å². The number of thiophene rings is 1. The van der Waals surface area contributed by atoms with E-state index in [0.717, 1.165) is 21.9 Å². The fourth-order valence-corrected chi connectivity index (χ4v) is 3.09. The van der Waals surface area contributed by atoms with Crippen LogP contribution in [0.15, 0.2) is 30.3 Å². The largest absolute Gasteiger partial charge is 0.486 e. The van der Waals surface area contributed by atoms with Crippen molar-refractivity contribution in [2.75, 3.05) is 13.2 Å². The Hall–Kier alpha value is -2.01. The van der Waals surface area contributed by atoms with Gasteiger partial charge in [-0.3, -0.25) is 4.79 Å². The fourth-order valence-electron chi connectivity index (χ4n) is 2.14. The average molecular weight is 303 g/mol. The van der Waals surface area contributed by atoms with Gasteiger partial charge in [-0.25, -0.2) is 0 Å². The number of para-hydroxylation sites is 2. The molecule has 1 aliphatic heterocycles. The quantitative estimate of drug-likeness (QED) is 0.948. The second-order valence-electron chi connectivity index (χ2n) is 5.06. The Morgan fingerprint density at radius 3 is 2.81 bits per heavy atom. The van der Waals surface area contributed by atoms with E-state index < -0.39 is 0 Å². The van der Waals surface area contributed by atoms with Crippen molar-refractivity contribution in [3.8, 4) is 11.5 Å². The summed E-state index contributed by atoms with van der Waals surface area (Å²) in [4.78, 5) is 14.0.